The van der Waals surface area contributed by atoms with E-state index in [1.807, 2.05) is 6.92 Å². The maximum atomic E-state index is 12.2. The molecule has 0 radical (unpaired) electrons. The summed E-state index contributed by atoms with van der Waals surface area (Å²) in [5.41, 5.74) is 1.28. The number of rotatable bonds is 6. The average molecular weight is 356 g/mol. The van der Waals surface area contributed by atoms with E-state index in [1.54, 1.807) is 43.6 Å². The van der Waals surface area contributed by atoms with E-state index in [0.717, 1.165) is 5.56 Å². The highest BCUT2D eigenvalue weighted by Crippen LogP contribution is 2.40. The van der Waals surface area contributed by atoms with Crippen molar-refractivity contribution in [2.75, 3.05) is 32.2 Å². The number of carbonyl (C=O) groups excluding carboxylic acids is 1. The molecule has 0 unspecified atom stereocenters. The van der Waals surface area contributed by atoms with E-state index in [1.165, 1.54) is 6.08 Å². The van der Waals surface area contributed by atoms with E-state index in [4.69, 9.17) is 18.9 Å². The molecule has 0 saturated carbocycles. The summed E-state index contributed by atoms with van der Waals surface area (Å²) in [6, 6.07) is 7.05. The summed E-state index contributed by atoms with van der Waals surface area (Å²) in [6.45, 7) is 3.28. The summed E-state index contributed by atoms with van der Waals surface area (Å²) in [4.78, 5) is 16.3. The van der Waals surface area contributed by atoms with Gasteiger partial charge in [-0.25, -0.2) is 4.98 Å². The molecule has 1 amide bonds. The molecule has 136 valence electrons. The van der Waals surface area contributed by atoms with Crippen molar-refractivity contribution in [3.63, 3.8) is 0 Å². The van der Waals surface area contributed by atoms with Crippen LogP contribution in [0.3, 0.4) is 0 Å². The van der Waals surface area contributed by atoms with Gasteiger partial charge in [-0.15, -0.1) is 0 Å². The smallest absolute Gasteiger partial charge is 0.248 e. The van der Waals surface area contributed by atoms with Gasteiger partial charge in [-0.05, 0) is 42.8 Å². The first-order valence-electron chi connectivity index (χ1n) is 8.25. The molecule has 7 heteroatoms. The van der Waals surface area contributed by atoms with Crippen LogP contribution < -0.4 is 24.3 Å². The van der Waals surface area contributed by atoms with Crippen LogP contribution in [0, 0.1) is 0 Å². The van der Waals surface area contributed by atoms with Crippen LogP contribution in [0.2, 0.25) is 0 Å². The molecule has 0 spiro atoms. The standard InChI is InChI=1S/C19H20N2O5/c1-3-24-19-14(5-4-8-20-19)21-17(22)7-6-13-11-15(23-2)18-16(12-13)25-9-10-26-18/h4-8,11-12H,3,9-10H2,1-2H3,(H,21,22)/b7-6+. The van der Waals surface area contributed by atoms with Gasteiger partial charge in [0.1, 0.15) is 18.9 Å². The third-order valence-electron chi connectivity index (χ3n) is 3.59. The van der Waals surface area contributed by atoms with Gasteiger partial charge in [0.05, 0.1) is 13.7 Å². The molecule has 2 heterocycles. The predicted molar refractivity (Wildman–Crippen MR) is 97.1 cm³/mol. The van der Waals surface area contributed by atoms with Crippen LogP contribution in [0.4, 0.5) is 5.69 Å². The fourth-order valence-corrected chi connectivity index (χ4v) is 2.47. The first kappa shape index (κ1) is 17.6. The number of benzene rings is 1. The molecule has 1 aromatic carbocycles. The third-order valence-corrected chi connectivity index (χ3v) is 3.59. The van der Waals surface area contributed by atoms with Gasteiger partial charge in [0.2, 0.25) is 17.5 Å². The van der Waals surface area contributed by atoms with Gasteiger partial charge in [0.15, 0.2) is 11.5 Å². The molecule has 1 N–H and O–H groups in total. The van der Waals surface area contributed by atoms with Gasteiger partial charge in [-0.2, -0.15) is 0 Å². The SMILES string of the molecule is CCOc1ncccc1NC(=O)/C=C/c1cc(OC)c2c(c1)OCCO2. The molecular formula is C19H20N2O5. The summed E-state index contributed by atoms with van der Waals surface area (Å²) in [5.74, 6) is 1.83. The van der Waals surface area contributed by atoms with Crippen molar-refractivity contribution in [1.82, 2.24) is 4.98 Å². The monoisotopic (exact) mass is 356 g/mol. The Labute approximate surface area is 151 Å². The second-order valence-corrected chi connectivity index (χ2v) is 5.36. The predicted octanol–water partition coefficient (Wildman–Crippen LogP) is 2.91. The van der Waals surface area contributed by atoms with Crippen molar-refractivity contribution >= 4 is 17.7 Å². The molecule has 0 bridgehead atoms. The zero-order chi connectivity index (χ0) is 18.4. The van der Waals surface area contributed by atoms with E-state index in [-0.39, 0.29) is 5.91 Å². The van der Waals surface area contributed by atoms with Gasteiger partial charge >= 0.3 is 0 Å². The summed E-state index contributed by atoms with van der Waals surface area (Å²) in [7, 11) is 1.56. The van der Waals surface area contributed by atoms with Crippen LogP contribution in [0.1, 0.15) is 12.5 Å². The largest absolute Gasteiger partial charge is 0.493 e. The van der Waals surface area contributed by atoms with Crippen molar-refractivity contribution in [3.8, 4) is 23.1 Å². The molecule has 1 aliphatic heterocycles. The number of methoxy groups -OCH3 is 1. The zero-order valence-corrected chi connectivity index (χ0v) is 14.7. The van der Waals surface area contributed by atoms with Crippen LogP contribution in [-0.4, -0.2) is 37.8 Å². The summed E-state index contributed by atoms with van der Waals surface area (Å²) >= 11 is 0. The summed E-state index contributed by atoms with van der Waals surface area (Å²) in [6.07, 6.45) is 4.71. The maximum Gasteiger partial charge on any atom is 0.248 e. The van der Waals surface area contributed by atoms with Crippen molar-refractivity contribution < 1.29 is 23.7 Å². The van der Waals surface area contributed by atoms with Crippen LogP contribution in [-0.2, 0) is 4.79 Å². The Bertz CT molecular complexity index is 802. The highest BCUT2D eigenvalue weighted by Gasteiger charge is 2.17. The molecule has 0 aliphatic carbocycles. The quantitative estimate of drug-likeness (QED) is 0.802. The molecule has 1 aliphatic rings. The number of hydrogen-bond acceptors (Lipinski definition) is 6. The number of carbonyl (C=O) groups is 1. The van der Waals surface area contributed by atoms with Gasteiger partial charge in [0, 0.05) is 12.3 Å². The molecule has 0 atom stereocenters. The lowest BCUT2D eigenvalue weighted by Crippen LogP contribution is -2.16. The molecule has 7 nitrogen and oxygen atoms in total. The highest BCUT2D eigenvalue weighted by molar-refractivity contribution is 6.02. The van der Waals surface area contributed by atoms with Gasteiger partial charge in [-0.3, -0.25) is 4.79 Å². The number of amides is 1. The first-order valence-corrected chi connectivity index (χ1v) is 8.25. The van der Waals surface area contributed by atoms with E-state index in [2.05, 4.69) is 10.3 Å². The lowest BCUT2D eigenvalue weighted by Gasteiger charge is -2.20. The zero-order valence-electron chi connectivity index (χ0n) is 14.7. The average Bonchev–Trinajstić information content (AvgIpc) is 2.67. The second-order valence-electron chi connectivity index (χ2n) is 5.36. The Morgan fingerprint density at radius 2 is 2.19 bits per heavy atom. The summed E-state index contributed by atoms with van der Waals surface area (Å²) < 4.78 is 21.9. The number of ether oxygens (including phenoxy) is 4. The van der Waals surface area contributed by atoms with Crippen LogP contribution in [0.5, 0.6) is 23.1 Å². The molecular weight excluding hydrogens is 336 g/mol. The molecule has 3 rings (SSSR count). The van der Waals surface area contributed by atoms with Crippen molar-refractivity contribution in [1.29, 1.82) is 0 Å². The van der Waals surface area contributed by atoms with Gasteiger partial charge in [0.25, 0.3) is 0 Å². The molecule has 0 saturated heterocycles. The minimum Gasteiger partial charge on any atom is -0.493 e. The normalized spacial score (nSPS) is 12.7. The third kappa shape index (κ3) is 4.05. The van der Waals surface area contributed by atoms with E-state index >= 15 is 0 Å². The number of aromatic nitrogens is 1. The lowest BCUT2D eigenvalue weighted by atomic mass is 10.1. The maximum absolute atomic E-state index is 12.2. The van der Waals surface area contributed by atoms with Crippen molar-refractivity contribution in [3.05, 3.63) is 42.1 Å². The first-order chi connectivity index (χ1) is 12.7. The van der Waals surface area contributed by atoms with E-state index in [0.29, 0.717) is 48.6 Å². The Kier molecular flexibility index (Phi) is 5.58. The number of nitrogens with one attached hydrogen (secondary N) is 1. The minimum absolute atomic E-state index is 0.298. The molecule has 0 fully saturated rings. The van der Waals surface area contributed by atoms with Gasteiger partial charge < -0.3 is 24.3 Å². The van der Waals surface area contributed by atoms with Crippen LogP contribution in [0.15, 0.2) is 36.5 Å². The van der Waals surface area contributed by atoms with Crippen LogP contribution in [0.25, 0.3) is 6.08 Å². The Morgan fingerprint density at radius 1 is 1.35 bits per heavy atom. The number of nitrogens with zero attached hydrogens (tertiary/aromatic N) is 1. The second kappa shape index (κ2) is 8.24. The van der Waals surface area contributed by atoms with Gasteiger partial charge in [-0.1, -0.05) is 0 Å². The Balaban J connectivity index is 1.74. The Morgan fingerprint density at radius 3 is 3.00 bits per heavy atom. The van der Waals surface area contributed by atoms with Crippen molar-refractivity contribution in [2.24, 2.45) is 0 Å². The summed E-state index contributed by atoms with van der Waals surface area (Å²) in [5, 5.41) is 2.76. The number of fused-ring (bicyclic) bond motifs is 1. The van der Waals surface area contributed by atoms with Crippen molar-refractivity contribution in [2.45, 2.75) is 6.92 Å². The molecule has 1 aromatic heterocycles. The number of anilines is 1. The number of pyridine rings is 1. The molecule has 26 heavy (non-hydrogen) atoms. The lowest BCUT2D eigenvalue weighted by molar-refractivity contribution is -0.111. The van der Waals surface area contributed by atoms with E-state index < -0.39 is 0 Å². The topological polar surface area (TPSA) is 78.9 Å². The van der Waals surface area contributed by atoms with Crippen LogP contribution >= 0.6 is 0 Å². The fraction of sp³-hybridized carbons (Fsp3) is 0.263. The number of hydrogen-bond donors (Lipinski definition) is 1. The molecule has 2 aromatic rings. The Hall–Kier alpha value is -3.22. The highest BCUT2D eigenvalue weighted by atomic mass is 16.6. The fourth-order valence-electron chi connectivity index (χ4n) is 2.47. The minimum atomic E-state index is -0.298. The van der Waals surface area contributed by atoms with E-state index in [9.17, 15) is 4.79 Å².